The van der Waals surface area contributed by atoms with Gasteiger partial charge < -0.3 is 5.32 Å². The Balaban J connectivity index is 1.93. The van der Waals surface area contributed by atoms with Crippen LogP contribution in [-0.4, -0.2) is 27.4 Å². The van der Waals surface area contributed by atoms with Gasteiger partial charge in [-0.1, -0.05) is 19.8 Å². The largest absolute Gasteiger partial charge is 0.314 e. The lowest BCUT2D eigenvalue weighted by atomic mass is 10.1. The third-order valence-electron chi connectivity index (χ3n) is 3.22. The van der Waals surface area contributed by atoms with Crippen molar-refractivity contribution in [3.8, 4) is 0 Å². The molecular formula is C12H22N4. The summed E-state index contributed by atoms with van der Waals surface area (Å²) in [4.78, 5) is 4.37. The molecule has 0 aliphatic carbocycles. The van der Waals surface area contributed by atoms with E-state index < -0.39 is 0 Å². The Bertz CT molecular complexity index is 300. The molecule has 1 saturated heterocycles. The van der Waals surface area contributed by atoms with E-state index in [9.17, 15) is 0 Å². The molecule has 90 valence electrons. The average Bonchev–Trinajstić information content (AvgIpc) is 2.56. The predicted molar refractivity (Wildman–Crippen MR) is 64.3 cm³/mol. The van der Waals surface area contributed by atoms with Gasteiger partial charge in [0.2, 0.25) is 0 Å². The van der Waals surface area contributed by atoms with Gasteiger partial charge >= 0.3 is 0 Å². The van der Waals surface area contributed by atoms with Crippen LogP contribution < -0.4 is 5.32 Å². The highest BCUT2D eigenvalue weighted by molar-refractivity contribution is 4.90. The fourth-order valence-electron chi connectivity index (χ4n) is 2.34. The first-order chi connectivity index (χ1) is 7.90. The third-order valence-corrected chi connectivity index (χ3v) is 3.22. The smallest absolute Gasteiger partial charge is 0.138 e. The second kappa shape index (κ2) is 5.99. The highest BCUT2D eigenvalue weighted by atomic mass is 15.3. The molecule has 4 nitrogen and oxygen atoms in total. The molecule has 0 spiro atoms. The molecule has 0 aromatic carbocycles. The molecule has 2 heterocycles. The topological polar surface area (TPSA) is 42.7 Å². The second-order valence-electron chi connectivity index (χ2n) is 4.60. The minimum atomic E-state index is 0.599. The Kier molecular flexibility index (Phi) is 4.34. The Morgan fingerprint density at radius 3 is 3.25 bits per heavy atom. The van der Waals surface area contributed by atoms with Crippen LogP contribution in [0.25, 0.3) is 0 Å². The van der Waals surface area contributed by atoms with E-state index in [-0.39, 0.29) is 0 Å². The summed E-state index contributed by atoms with van der Waals surface area (Å²) >= 11 is 0. The van der Waals surface area contributed by atoms with Crippen molar-refractivity contribution in [2.24, 2.45) is 0 Å². The highest BCUT2D eigenvalue weighted by Crippen LogP contribution is 2.12. The molecule has 2 rings (SSSR count). The second-order valence-corrected chi connectivity index (χ2v) is 4.60. The highest BCUT2D eigenvalue weighted by Gasteiger charge is 2.14. The number of rotatable bonds is 4. The van der Waals surface area contributed by atoms with Gasteiger partial charge in [-0.15, -0.1) is 0 Å². The van der Waals surface area contributed by atoms with Crippen molar-refractivity contribution in [1.29, 1.82) is 0 Å². The Labute approximate surface area is 97.5 Å². The van der Waals surface area contributed by atoms with E-state index in [0.29, 0.717) is 6.04 Å². The number of hydrogen-bond donors (Lipinski definition) is 1. The van der Waals surface area contributed by atoms with E-state index in [4.69, 9.17) is 0 Å². The number of aryl methyl sites for hydroxylation is 1. The van der Waals surface area contributed by atoms with Crippen LogP contribution in [0.2, 0.25) is 0 Å². The average molecular weight is 222 g/mol. The summed E-state index contributed by atoms with van der Waals surface area (Å²) in [6.45, 7) is 4.32. The van der Waals surface area contributed by atoms with Crippen molar-refractivity contribution in [3.63, 3.8) is 0 Å². The van der Waals surface area contributed by atoms with Crippen LogP contribution in [0.1, 0.15) is 44.9 Å². The minimum absolute atomic E-state index is 0.599. The van der Waals surface area contributed by atoms with Crippen molar-refractivity contribution < 1.29 is 0 Å². The van der Waals surface area contributed by atoms with Gasteiger partial charge in [0.05, 0.1) is 0 Å². The summed E-state index contributed by atoms with van der Waals surface area (Å²) in [5.41, 5.74) is 0. The molecular weight excluding hydrogens is 200 g/mol. The first-order valence-corrected chi connectivity index (χ1v) is 6.50. The fraction of sp³-hybridized carbons (Fsp3) is 0.833. The Morgan fingerprint density at radius 2 is 2.38 bits per heavy atom. The molecule has 1 fully saturated rings. The van der Waals surface area contributed by atoms with Crippen LogP contribution in [0.15, 0.2) is 6.33 Å². The Hall–Kier alpha value is -0.900. The minimum Gasteiger partial charge on any atom is -0.314 e. The molecule has 1 atom stereocenters. The molecule has 1 N–H and O–H groups in total. The van der Waals surface area contributed by atoms with Crippen LogP contribution in [0.4, 0.5) is 0 Å². The van der Waals surface area contributed by atoms with Crippen molar-refractivity contribution in [3.05, 3.63) is 12.2 Å². The predicted octanol–water partition coefficient (Wildman–Crippen LogP) is 1.76. The van der Waals surface area contributed by atoms with Crippen molar-refractivity contribution >= 4 is 0 Å². The quantitative estimate of drug-likeness (QED) is 0.844. The van der Waals surface area contributed by atoms with Crippen molar-refractivity contribution in [1.82, 2.24) is 20.1 Å². The maximum absolute atomic E-state index is 4.37. The van der Waals surface area contributed by atoms with Crippen molar-refractivity contribution in [2.75, 3.05) is 6.54 Å². The number of hydrogen-bond acceptors (Lipinski definition) is 3. The summed E-state index contributed by atoms with van der Waals surface area (Å²) in [6, 6.07) is 0.599. The van der Waals surface area contributed by atoms with Gasteiger partial charge in [-0.05, 0) is 25.8 Å². The zero-order valence-electron chi connectivity index (χ0n) is 10.2. The lowest BCUT2D eigenvalue weighted by Gasteiger charge is -2.15. The van der Waals surface area contributed by atoms with Gasteiger partial charge in [0.1, 0.15) is 12.2 Å². The first-order valence-electron chi connectivity index (χ1n) is 6.50. The molecule has 1 aliphatic rings. The lowest BCUT2D eigenvalue weighted by Crippen LogP contribution is -2.31. The number of nitrogens with zero attached hydrogens (tertiary/aromatic N) is 3. The fourth-order valence-corrected chi connectivity index (χ4v) is 2.34. The third kappa shape index (κ3) is 3.04. The molecule has 1 unspecified atom stereocenters. The molecule has 0 amide bonds. The summed E-state index contributed by atoms with van der Waals surface area (Å²) < 4.78 is 2.05. The van der Waals surface area contributed by atoms with Gasteiger partial charge in [0, 0.05) is 19.0 Å². The van der Waals surface area contributed by atoms with E-state index in [1.807, 2.05) is 4.68 Å². The summed E-state index contributed by atoms with van der Waals surface area (Å²) in [7, 11) is 0. The molecule has 0 bridgehead atoms. The Morgan fingerprint density at radius 1 is 1.44 bits per heavy atom. The van der Waals surface area contributed by atoms with Gasteiger partial charge in [0.15, 0.2) is 0 Å². The van der Waals surface area contributed by atoms with Gasteiger partial charge in [-0.3, -0.25) is 4.68 Å². The molecule has 1 aromatic heterocycles. The zero-order chi connectivity index (χ0) is 11.2. The van der Waals surface area contributed by atoms with Gasteiger partial charge in [-0.25, -0.2) is 4.98 Å². The summed E-state index contributed by atoms with van der Waals surface area (Å²) in [5.74, 6) is 1.14. The molecule has 16 heavy (non-hydrogen) atoms. The standard InChI is InChI=1S/C12H22N4/c1-2-8-16-12(14-10-15-16)9-11-6-4-3-5-7-13-11/h10-11,13H,2-9H2,1H3. The van der Waals surface area contributed by atoms with Crippen LogP contribution in [0, 0.1) is 0 Å². The molecule has 1 aromatic rings. The van der Waals surface area contributed by atoms with Crippen LogP contribution >= 0.6 is 0 Å². The molecule has 0 saturated carbocycles. The molecule has 4 heteroatoms. The summed E-state index contributed by atoms with van der Waals surface area (Å²) in [6.07, 6.45) is 9.14. The summed E-state index contributed by atoms with van der Waals surface area (Å²) in [5, 5.41) is 7.88. The molecule has 0 radical (unpaired) electrons. The lowest BCUT2D eigenvalue weighted by molar-refractivity contribution is 0.472. The maximum atomic E-state index is 4.37. The normalized spacial score (nSPS) is 21.9. The molecule has 1 aliphatic heterocycles. The van der Waals surface area contributed by atoms with E-state index >= 15 is 0 Å². The van der Waals surface area contributed by atoms with E-state index in [2.05, 4.69) is 22.3 Å². The van der Waals surface area contributed by atoms with Crippen LogP contribution in [0.3, 0.4) is 0 Å². The SMILES string of the molecule is CCCn1ncnc1CC1CCCCCN1. The van der Waals surface area contributed by atoms with Crippen LogP contribution in [0.5, 0.6) is 0 Å². The van der Waals surface area contributed by atoms with Crippen molar-refractivity contribution in [2.45, 2.75) is 58.0 Å². The monoisotopic (exact) mass is 222 g/mol. The van der Waals surface area contributed by atoms with Gasteiger partial charge in [-0.2, -0.15) is 5.10 Å². The van der Waals surface area contributed by atoms with Gasteiger partial charge in [0.25, 0.3) is 0 Å². The number of aromatic nitrogens is 3. The van der Waals surface area contributed by atoms with E-state index in [0.717, 1.165) is 31.8 Å². The first kappa shape index (κ1) is 11.6. The maximum Gasteiger partial charge on any atom is 0.138 e. The zero-order valence-corrected chi connectivity index (χ0v) is 10.2. The van der Waals surface area contributed by atoms with E-state index in [1.54, 1.807) is 6.33 Å². The van der Waals surface area contributed by atoms with Crippen LogP contribution in [-0.2, 0) is 13.0 Å². The number of nitrogens with one attached hydrogen (secondary N) is 1. The van der Waals surface area contributed by atoms with E-state index in [1.165, 1.54) is 25.7 Å².